The lowest BCUT2D eigenvalue weighted by atomic mass is 10.1. The first-order valence-electron chi connectivity index (χ1n) is 4.46. The van der Waals surface area contributed by atoms with Crippen molar-refractivity contribution < 1.29 is 52.7 Å². The van der Waals surface area contributed by atoms with Crippen LogP contribution in [0.15, 0.2) is 0 Å². The van der Waals surface area contributed by atoms with E-state index in [1.165, 1.54) is 0 Å². The van der Waals surface area contributed by atoms with Crippen LogP contribution in [0.5, 0.6) is 0 Å². The average Bonchev–Trinajstić information content (AvgIpc) is 2.15. The zero-order valence-electron chi connectivity index (χ0n) is 8.64. The number of phosphoric acid groups is 2. The highest BCUT2D eigenvalue weighted by Gasteiger charge is 2.44. The van der Waals surface area contributed by atoms with Crippen molar-refractivity contribution in [3.05, 3.63) is 0 Å². The second kappa shape index (κ2) is 5.61. The van der Waals surface area contributed by atoms with Crippen molar-refractivity contribution in [1.29, 1.82) is 0 Å². The first kappa shape index (κ1) is 16.2. The van der Waals surface area contributed by atoms with Crippen LogP contribution >= 0.6 is 15.6 Å². The zero-order valence-corrected chi connectivity index (χ0v) is 10.4. The van der Waals surface area contributed by atoms with Crippen LogP contribution in [0.25, 0.3) is 0 Å². The Balaban J connectivity index is 2.67. The van der Waals surface area contributed by atoms with E-state index in [2.05, 4.69) is 13.6 Å². The van der Waals surface area contributed by atoms with Crippen LogP contribution < -0.4 is 0 Å². The van der Waals surface area contributed by atoms with Gasteiger partial charge in [0.25, 0.3) is 0 Å². The molecule has 0 radical (unpaired) electrons. The summed E-state index contributed by atoms with van der Waals surface area (Å²) in [5, 5.41) is 27.6. The molecular formula is C5H12O11P2. The van der Waals surface area contributed by atoms with E-state index < -0.39 is 46.9 Å². The Bertz CT molecular complexity index is 378. The molecule has 0 saturated carbocycles. The maximum absolute atomic E-state index is 11.1. The lowest BCUT2D eigenvalue weighted by Gasteiger charge is -2.34. The molecule has 1 fully saturated rings. The molecule has 0 bridgehead atoms. The molecule has 1 aliphatic heterocycles. The van der Waals surface area contributed by atoms with Gasteiger partial charge in [-0.3, -0.25) is 4.52 Å². The van der Waals surface area contributed by atoms with Crippen molar-refractivity contribution in [2.45, 2.75) is 24.6 Å². The summed E-state index contributed by atoms with van der Waals surface area (Å²) in [6, 6.07) is 0. The summed E-state index contributed by atoms with van der Waals surface area (Å²) in [6.07, 6.45) is -6.92. The number of ether oxygens (including phenoxy) is 1. The Kier molecular flexibility index (Phi) is 5.04. The van der Waals surface area contributed by atoms with Crippen molar-refractivity contribution in [2.75, 3.05) is 6.61 Å². The van der Waals surface area contributed by atoms with E-state index >= 15 is 0 Å². The van der Waals surface area contributed by atoms with Crippen molar-refractivity contribution in [3.63, 3.8) is 0 Å². The van der Waals surface area contributed by atoms with Crippen molar-refractivity contribution in [3.8, 4) is 0 Å². The summed E-state index contributed by atoms with van der Waals surface area (Å²) >= 11 is 0. The minimum atomic E-state index is -5.29. The van der Waals surface area contributed by atoms with Gasteiger partial charge in [-0.05, 0) is 0 Å². The molecule has 0 amide bonds. The van der Waals surface area contributed by atoms with E-state index in [1.807, 2.05) is 0 Å². The van der Waals surface area contributed by atoms with E-state index in [0.717, 1.165) is 0 Å². The second-order valence-electron chi connectivity index (χ2n) is 3.40. The van der Waals surface area contributed by atoms with Crippen molar-refractivity contribution >= 4 is 15.6 Å². The number of phosphoric ester groups is 1. The largest absolute Gasteiger partial charge is 0.483 e. The predicted molar refractivity (Wildman–Crippen MR) is 51.8 cm³/mol. The lowest BCUT2D eigenvalue weighted by Crippen LogP contribution is -2.53. The fraction of sp³-hybridized carbons (Fsp3) is 1.00. The summed E-state index contributed by atoms with van der Waals surface area (Å²) in [6.45, 7) is -0.515. The molecular weight excluding hydrogens is 298 g/mol. The molecule has 108 valence electrons. The maximum Gasteiger partial charge on any atom is 0.483 e. The molecule has 1 heterocycles. The van der Waals surface area contributed by atoms with Gasteiger partial charge in [-0.15, -0.1) is 0 Å². The fourth-order valence-electron chi connectivity index (χ4n) is 1.16. The molecule has 1 aliphatic rings. The number of aliphatic hydroxyl groups is 3. The van der Waals surface area contributed by atoms with Crippen LogP contribution in [-0.2, 0) is 22.7 Å². The quantitative estimate of drug-likeness (QED) is 0.305. The van der Waals surface area contributed by atoms with Crippen LogP contribution in [-0.4, -0.2) is 61.2 Å². The Labute approximate surface area is 100 Å². The fourth-order valence-corrected chi connectivity index (χ4v) is 2.83. The molecule has 0 aromatic carbocycles. The summed E-state index contributed by atoms with van der Waals surface area (Å²) in [5.41, 5.74) is 0. The van der Waals surface area contributed by atoms with Crippen molar-refractivity contribution in [2.24, 2.45) is 0 Å². The summed E-state index contributed by atoms with van der Waals surface area (Å²) in [4.78, 5) is 25.6. The zero-order chi connectivity index (χ0) is 14.1. The number of rotatable bonds is 4. The van der Waals surface area contributed by atoms with E-state index in [9.17, 15) is 19.3 Å². The standard InChI is InChI=1S/C5H12O11P2/c6-2-1-14-5(4(8)3(2)7)15-18(12,13)16-17(9,10)11/h2-8H,1H2,(H,12,13)(H2,9,10,11)/t2-,3+,4+,5?/m1/s1. The molecule has 0 aromatic rings. The van der Waals surface area contributed by atoms with Crippen LogP contribution in [0.2, 0.25) is 0 Å². The summed E-state index contributed by atoms with van der Waals surface area (Å²) in [5.74, 6) is 0. The van der Waals surface area contributed by atoms with Gasteiger partial charge in [0.1, 0.15) is 18.3 Å². The Morgan fingerprint density at radius 2 is 1.61 bits per heavy atom. The van der Waals surface area contributed by atoms with Gasteiger partial charge in [-0.2, -0.15) is 4.31 Å². The number of hydrogen-bond acceptors (Lipinski definition) is 8. The van der Waals surface area contributed by atoms with E-state index in [-0.39, 0.29) is 0 Å². The van der Waals surface area contributed by atoms with Crippen LogP contribution in [0.3, 0.4) is 0 Å². The first-order valence-corrected chi connectivity index (χ1v) is 7.48. The van der Waals surface area contributed by atoms with Gasteiger partial charge < -0.3 is 34.7 Å². The monoisotopic (exact) mass is 310 g/mol. The molecule has 6 N–H and O–H groups in total. The lowest BCUT2D eigenvalue weighted by molar-refractivity contribution is -0.245. The smallest absolute Gasteiger partial charge is 0.388 e. The third-order valence-corrected chi connectivity index (χ3v) is 4.05. The summed E-state index contributed by atoms with van der Waals surface area (Å²) in [7, 11) is -10.5. The third kappa shape index (κ3) is 4.65. The van der Waals surface area contributed by atoms with Crippen LogP contribution in [0.1, 0.15) is 0 Å². The molecule has 1 rings (SSSR count). The molecule has 18 heavy (non-hydrogen) atoms. The highest BCUT2D eigenvalue weighted by Crippen LogP contribution is 2.58. The predicted octanol–water partition coefficient (Wildman–Crippen LogP) is -2.35. The van der Waals surface area contributed by atoms with Crippen LogP contribution in [0, 0.1) is 0 Å². The van der Waals surface area contributed by atoms with Gasteiger partial charge >= 0.3 is 15.6 Å². The third-order valence-electron chi connectivity index (χ3n) is 1.90. The van der Waals surface area contributed by atoms with Gasteiger partial charge in [0.2, 0.25) is 0 Å². The molecule has 13 heteroatoms. The van der Waals surface area contributed by atoms with E-state index in [4.69, 9.17) is 19.8 Å². The Morgan fingerprint density at radius 3 is 2.11 bits per heavy atom. The summed E-state index contributed by atoms with van der Waals surface area (Å²) < 4.78 is 33.6. The Morgan fingerprint density at radius 1 is 1.06 bits per heavy atom. The maximum atomic E-state index is 11.1. The first-order chi connectivity index (χ1) is 8.02. The normalized spacial score (nSPS) is 37.2. The van der Waals surface area contributed by atoms with Gasteiger partial charge in [-0.1, -0.05) is 0 Å². The van der Waals surface area contributed by atoms with Gasteiger partial charge in [0.15, 0.2) is 6.29 Å². The average molecular weight is 310 g/mol. The minimum absolute atomic E-state index is 0.515. The second-order valence-corrected chi connectivity index (χ2v) is 6.18. The van der Waals surface area contributed by atoms with E-state index in [1.54, 1.807) is 0 Å². The molecule has 5 atom stereocenters. The number of hydrogen-bond donors (Lipinski definition) is 6. The topological polar surface area (TPSA) is 183 Å². The molecule has 0 spiro atoms. The number of aliphatic hydroxyl groups excluding tert-OH is 3. The van der Waals surface area contributed by atoms with Gasteiger partial charge in [0, 0.05) is 0 Å². The molecule has 11 nitrogen and oxygen atoms in total. The Hall–Kier alpha value is 0.1000. The van der Waals surface area contributed by atoms with Gasteiger partial charge in [-0.25, -0.2) is 9.13 Å². The highest BCUT2D eigenvalue weighted by molar-refractivity contribution is 7.60. The highest BCUT2D eigenvalue weighted by atomic mass is 31.3. The van der Waals surface area contributed by atoms with Crippen LogP contribution in [0.4, 0.5) is 0 Å². The minimum Gasteiger partial charge on any atom is -0.388 e. The molecule has 2 unspecified atom stereocenters. The molecule has 0 aromatic heterocycles. The van der Waals surface area contributed by atoms with Gasteiger partial charge in [0.05, 0.1) is 6.61 Å². The SMILES string of the molecule is O=P(O)(O)OP(=O)(O)OC1OC[C@@H](O)[C@H](O)[C@@H]1O. The molecule has 1 saturated heterocycles. The van der Waals surface area contributed by atoms with E-state index in [0.29, 0.717) is 0 Å². The molecule has 0 aliphatic carbocycles. The van der Waals surface area contributed by atoms with Crippen molar-refractivity contribution in [1.82, 2.24) is 0 Å².